The number of hydrogen-bond donors (Lipinski definition) is 1. The van der Waals surface area contributed by atoms with E-state index < -0.39 is 6.16 Å². The van der Waals surface area contributed by atoms with Crippen molar-refractivity contribution in [1.82, 2.24) is 5.32 Å². The second kappa shape index (κ2) is 4.99. The Morgan fingerprint density at radius 2 is 2.19 bits per heavy atom. The number of carbonyl (C=O) groups excluding carboxylic acids is 1. The third-order valence-electron chi connectivity index (χ3n) is 2.54. The highest BCUT2D eigenvalue weighted by molar-refractivity contribution is 5.60. The summed E-state index contributed by atoms with van der Waals surface area (Å²) in [6, 6.07) is 8.12. The van der Waals surface area contributed by atoms with Gasteiger partial charge in [-0.2, -0.15) is 0 Å². The van der Waals surface area contributed by atoms with Gasteiger partial charge in [-0.1, -0.05) is 24.3 Å². The lowest BCUT2D eigenvalue weighted by atomic mass is 10.0. The van der Waals surface area contributed by atoms with Gasteiger partial charge in [0.15, 0.2) is 6.23 Å². The number of hydrogen-bond acceptors (Lipinski definition) is 4. The van der Waals surface area contributed by atoms with E-state index in [2.05, 4.69) is 17.4 Å². The first-order valence-electron chi connectivity index (χ1n) is 5.43. The maximum absolute atomic E-state index is 11.1. The van der Waals surface area contributed by atoms with Crippen molar-refractivity contribution in [2.45, 2.75) is 26.1 Å². The number of nitrogens with one attached hydrogen (secondary N) is 1. The summed E-state index contributed by atoms with van der Waals surface area (Å²) >= 11 is 0. The van der Waals surface area contributed by atoms with Gasteiger partial charge in [0.2, 0.25) is 0 Å². The van der Waals surface area contributed by atoms with Crippen LogP contribution in [0, 0.1) is 0 Å². The van der Waals surface area contributed by atoms with Crippen LogP contribution in [0.1, 0.15) is 18.1 Å². The van der Waals surface area contributed by atoms with E-state index in [4.69, 9.17) is 9.47 Å². The van der Waals surface area contributed by atoms with Crippen LogP contribution in [0.3, 0.4) is 0 Å². The first kappa shape index (κ1) is 11.0. The van der Waals surface area contributed by atoms with E-state index in [-0.39, 0.29) is 6.23 Å². The van der Waals surface area contributed by atoms with Crippen LogP contribution in [0.5, 0.6) is 0 Å². The zero-order valence-electron chi connectivity index (χ0n) is 9.23. The monoisotopic (exact) mass is 221 g/mol. The summed E-state index contributed by atoms with van der Waals surface area (Å²) < 4.78 is 9.85. The Labute approximate surface area is 94.6 Å². The lowest BCUT2D eigenvalue weighted by molar-refractivity contribution is 0.0113. The molecule has 0 aliphatic carbocycles. The molecule has 1 aliphatic heterocycles. The number of benzene rings is 1. The molecule has 1 N–H and O–H groups in total. The van der Waals surface area contributed by atoms with Gasteiger partial charge in [0.1, 0.15) is 0 Å². The minimum absolute atomic E-state index is 0.283. The summed E-state index contributed by atoms with van der Waals surface area (Å²) in [4.78, 5) is 11.1. The fourth-order valence-electron chi connectivity index (χ4n) is 1.78. The summed E-state index contributed by atoms with van der Waals surface area (Å²) in [5.41, 5.74) is 2.47. The molecule has 0 bridgehead atoms. The molecule has 2 rings (SSSR count). The van der Waals surface area contributed by atoms with Gasteiger partial charge in [0.25, 0.3) is 0 Å². The molecule has 0 saturated heterocycles. The van der Waals surface area contributed by atoms with Crippen LogP contribution in [-0.4, -0.2) is 19.0 Å². The molecule has 1 heterocycles. The molecule has 0 radical (unpaired) electrons. The second-order valence-corrected chi connectivity index (χ2v) is 3.64. The van der Waals surface area contributed by atoms with E-state index in [1.165, 1.54) is 11.1 Å². The molecular formula is C12H15NO3. The Bertz CT molecular complexity index is 378. The molecule has 16 heavy (non-hydrogen) atoms. The fourth-order valence-corrected chi connectivity index (χ4v) is 1.78. The first-order chi connectivity index (χ1) is 7.79. The molecule has 0 amide bonds. The molecule has 86 valence electrons. The minimum atomic E-state index is -0.612. The zero-order valence-corrected chi connectivity index (χ0v) is 9.23. The van der Waals surface area contributed by atoms with Crippen molar-refractivity contribution in [1.29, 1.82) is 0 Å². The highest BCUT2D eigenvalue weighted by Crippen LogP contribution is 2.16. The zero-order chi connectivity index (χ0) is 11.4. The van der Waals surface area contributed by atoms with E-state index in [1.54, 1.807) is 6.92 Å². The number of carbonyl (C=O) groups is 1. The van der Waals surface area contributed by atoms with Gasteiger partial charge >= 0.3 is 6.16 Å². The van der Waals surface area contributed by atoms with Gasteiger partial charge in [0.05, 0.1) is 6.61 Å². The fraction of sp³-hybridized carbons (Fsp3) is 0.417. The van der Waals surface area contributed by atoms with E-state index >= 15 is 0 Å². The van der Waals surface area contributed by atoms with Crippen molar-refractivity contribution in [2.24, 2.45) is 0 Å². The van der Waals surface area contributed by atoms with Gasteiger partial charge in [-0.25, -0.2) is 4.79 Å². The molecule has 4 heteroatoms. The highest BCUT2D eigenvalue weighted by Gasteiger charge is 2.21. The number of fused-ring (bicyclic) bond motifs is 1. The van der Waals surface area contributed by atoms with Crippen molar-refractivity contribution in [3.8, 4) is 0 Å². The highest BCUT2D eigenvalue weighted by atomic mass is 16.7. The SMILES string of the molecule is CCOC(=O)OC1Cc2ccccc2CN1. The molecule has 1 atom stereocenters. The topological polar surface area (TPSA) is 47.6 Å². The Balaban J connectivity index is 1.95. The summed E-state index contributed by atoms with van der Waals surface area (Å²) in [5, 5.41) is 3.14. The Morgan fingerprint density at radius 1 is 1.44 bits per heavy atom. The van der Waals surface area contributed by atoms with Crippen LogP contribution < -0.4 is 5.32 Å². The average molecular weight is 221 g/mol. The van der Waals surface area contributed by atoms with Crippen LogP contribution in [0.2, 0.25) is 0 Å². The van der Waals surface area contributed by atoms with E-state index in [9.17, 15) is 4.79 Å². The van der Waals surface area contributed by atoms with E-state index in [1.807, 2.05) is 12.1 Å². The molecule has 0 saturated carbocycles. The Hall–Kier alpha value is -1.55. The van der Waals surface area contributed by atoms with Gasteiger partial charge in [-0.15, -0.1) is 0 Å². The quantitative estimate of drug-likeness (QED) is 0.774. The van der Waals surface area contributed by atoms with Crippen molar-refractivity contribution in [3.63, 3.8) is 0 Å². The van der Waals surface area contributed by atoms with Crippen LogP contribution in [0.25, 0.3) is 0 Å². The molecular weight excluding hydrogens is 206 g/mol. The van der Waals surface area contributed by atoms with E-state index in [0.29, 0.717) is 13.0 Å². The molecule has 0 fully saturated rings. The van der Waals surface area contributed by atoms with Gasteiger partial charge in [-0.3, -0.25) is 5.32 Å². The maximum Gasteiger partial charge on any atom is 0.509 e. The van der Waals surface area contributed by atoms with Gasteiger partial charge in [-0.05, 0) is 18.1 Å². The number of ether oxygens (including phenoxy) is 2. The van der Waals surface area contributed by atoms with Crippen molar-refractivity contribution < 1.29 is 14.3 Å². The third kappa shape index (κ3) is 2.52. The third-order valence-corrected chi connectivity index (χ3v) is 2.54. The molecule has 1 aliphatic rings. The van der Waals surface area contributed by atoms with Crippen LogP contribution in [0.4, 0.5) is 4.79 Å². The lowest BCUT2D eigenvalue weighted by Crippen LogP contribution is -2.39. The van der Waals surface area contributed by atoms with Crippen LogP contribution in [0.15, 0.2) is 24.3 Å². The summed E-state index contributed by atoms with van der Waals surface area (Å²) in [6.07, 6.45) is -0.206. The molecule has 0 aromatic heterocycles. The minimum Gasteiger partial charge on any atom is -0.435 e. The van der Waals surface area contributed by atoms with Crippen molar-refractivity contribution in [2.75, 3.05) is 6.61 Å². The maximum atomic E-state index is 11.1. The molecule has 1 aromatic carbocycles. The van der Waals surface area contributed by atoms with Crippen LogP contribution >= 0.6 is 0 Å². The predicted molar refractivity (Wildman–Crippen MR) is 58.9 cm³/mol. The standard InChI is InChI=1S/C12H15NO3/c1-2-15-12(14)16-11-7-9-5-3-4-6-10(9)8-13-11/h3-6,11,13H,2,7-8H2,1H3. The average Bonchev–Trinajstić information content (AvgIpc) is 2.29. The molecule has 0 spiro atoms. The van der Waals surface area contributed by atoms with Crippen molar-refractivity contribution in [3.05, 3.63) is 35.4 Å². The smallest absolute Gasteiger partial charge is 0.435 e. The molecule has 1 unspecified atom stereocenters. The van der Waals surface area contributed by atoms with Crippen LogP contribution in [-0.2, 0) is 22.4 Å². The molecule has 1 aromatic rings. The normalized spacial score (nSPS) is 18.7. The summed E-state index contributed by atoms with van der Waals surface area (Å²) in [5.74, 6) is 0. The van der Waals surface area contributed by atoms with Gasteiger partial charge in [0, 0.05) is 13.0 Å². The predicted octanol–water partition coefficient (Wildman–Crippen LogP) is 1.83. The summed E-state index contributed by atoms with van der Waals surface area (Å²) in [7, 11) is 0. The number of rotatable bonds is 2. The van der Waals surface area contributed by atoms with Gasteiger partial charge < -0.3 is 9.47 Å². The summed E-state index contributed by atoms with van der Waals surface area (Å²) in [6.45, 7) is 2.81. The first-order valence-corrected chi connectivity index (χ1v) is 5.43. The van der Waals surface area contributed by atoms with Crippen molar-refractivity contribution >= 4 is 6.16 Å². The largest absolute Gasteiger partial charge is 0.509 e. The Morgan fingerprint density at radius 3 is 2.94 bits per heavy atom. The lowest BCUT2D eigenvalue weighted by Gasteiger charge is -2.25. The molecule has 4 nitrogen and oxygen atoms in total. The van der Waals surface area contributed by atoms with E-state index in [0.717, 1.165) is 6.54 Å². The Kier molecular flexibility index (Phi) is 3.41. The second-order valence-electron chi connectivity index (χ2n) is 3.64.